The lowest BCUT2D eigenvalue weighted by molar-refractivity contribution is -0.134. The van der Waals surface area contributed by atoms with Gasteiger partial charge in [0.2, 0.25) is 5.91 Å². The zero-order valence-corrected chi connectivity index (χ0v) is 16.3. The highest BCUT2D eigenvalue weighted by atomic mass is 35.5. The van der Waals surface area contributed by atoms with E-state index in [9.17, 15) is 19.2 Å². The Hall–Kier alpha value is -2.61. The number of nitrogens with zero attached hydrogens (tertiary/aromatic N) is 1. The molecule has 1 aliphatic heterocycles. The van der Waals surface area contributed by atoms with Crippen LogP contribution in [-0.4, -0.2) is 41.4 Å². The van der Waals surface area contributed by atoms with Crippen LogP contribution < -0.4 is 16.0 Å². The van der Waals surface area contributed by atoms with Crippen LogP contribution in [0, 0.1) is 0 Å². The van der Waals surface area contributed by atoms with E-state index in [2.05, 4.69) is 16.0 Å². The van der Waals surface area contributed by atoms with E-state index in [1.54, 1.807) is 24.3 Å². The van der Waals surface area contributed by atoms with Gasteiger partial charge in [-0.25, -0.2) is 9.59 Å². The zero-order valence-electron chi connectivity index (χ0n) is 15.6. The van der Waals surface area contributed by atoms with Gasteiger partial charge in [0.05, 0.1) is 0 Å². The number of halogens is 1. The summed E-state index contributed by atoms with van der Waals surface area (Å²) in [4.78, 5) is 50.1. The maximum atomic E-state index is 12.8. The minimum atomic E-state index is -1.37. The van der Waals surface area contributed by atoms with Gasteiger partial charge in [0.1, 0.15) is 12.1 Å². The number of benzene rings is 1. The molecule has 1 atom stereocenters. The van der Waals surface area contributed by atoms with Crippen molar-refractivity contribution in [3.05, 3.63) is 34.9 Å². The maximum absolute atomic E-state index is 12.8. The average Bonchev–Trinajstić information content (AvgIpc) is 2.86. The molecule has 1 saturated carbocycles. The Morgan fingerprint density at radius 1 is 1.21 bits per heavy atom. The third-order valence-corrected chi connectivity index (χ3v) is 5.51. The van der Waals surface area contributed by atoms with Crippen molar-refractivity contribution in [2.45, 2.75) is 50.6 Å². The molecule has 28 heavy (non-hydrogen) atoms. The molecule has 1 unspecified atom stereocenters. The van der Waals surface area contributed by atoms with Crippen molar-refractivity contribution in [2.24, 2.45) is 0 Å². The summed E-state index contributed by atoms with van der Waals surface area (Å²) in [6, 6.07) is 5.40. The molecule has 1 heterocycles. The van der Waals surface area contributed by atoms with Gasteiger partial charge in [0.15, 0.2) is 0 Å². The maximum Gasteiger partial charge on any atom is 0.325 e. The van der Waals surface area contributed by atoms with E-state index in [1.165, 1.54) is 6.92 Å². The van der Waals surface area contributed by atoms with Crippen LogP contribution in [0.2, 0.25) is 5.02 Å². The Kier molecular flexibility index (Phi) is 5.88. The summed E-state index contributed by atoms with van der Waals surface area (Å²) in [5.74, 6) is -1.34. The highest BCUT2D eigenvalue weighted by Crippen LogP contribution is 2.33. The van der Waals surface area contributed by atoms with E-state index >= 15 is 0 Å². The van der Waals surface area contributed by atoms with Gasteiger partial charge in [-0.3, -0.25) is 19.8 Å². The van der Waals surface area contributed by atoms with E-state index in [0.29, 0.717) is 10.6 Å². The average molecular weight is 407 g/mol. The highest BCUT2D eigenvalue weighted by molar-refractivity contribution is 6.32. The quantitative estimate of drug-likeness (QED) is 0.666. The van der Waals surface area contributed by atoms with Crippen LogP contribution in [0.15, 0.2) is 24.3 Å². The lowest BCUT2D eigenvalue weighted by Gasteiger charge is -2.23. The molecule has 1 aliphatic carbocycles. The fourth-order valence-corrected chi connectivity index (χ4v) is 3.99. The molecular weight excluding hydrogens is 384 g/mol. The smallest absolute Gasteiger partial charge is 0.325 e. The summed E-state index contributed by atoms with van der Waals surface area (Å²) < 4.78 is 0. The summed E-state index contributed by atoms with van der Waals surface area (Å²) >= 11 is 6.17. The standard InChI is InChI=1S/C19H23ClN4O4/c1-19(13-9-5-6-10-14(13)20)16(26)24(18(28)23-19)11-15(25)22-17(27)21-12-7-3-2-4-8-12/h5-6,9-10,12H,2-4,7-8,11H2,1H3,(H,23,28)(H2,21,22,25,27). The first-order valence-corrected chi connectivity index (χ1v) is 9.68. The van der Waals surface area contributed by atoms with Gasteiger partial charge < -0.3 is 10.6 Å². The number of urea groups is 2. The van der Waals surface area contributed by atoms with Crippen LogP contribution in [0.3, 0.4) is 0 Å². The molecule has 9 heteroatoms. The predicted molar refractivity (Wildman–Crippen MR) is 103 cm³/mol. The molecule has 1 aromatic rings. The largest absolute Gasteiger partial charge is 0.335 e. The van der Waals surface area contributed by atoms with Crippen LogP contribution in [0.1, 0.15) is 44.6 Å². The second kappa shape index (κ2) is 8.18. The molecule has 8 nitrogen and oxygen atoms in total. The molecule has 1 saturated heterocycles. The molecule has 3 N–H and O–H groups in total. The number of imide groups is 2. The minimum Gasteiger partial charge on any atom is -0.335 e. The minimum absolute atomic E-state index is 0.0433. The topological polar surface area (TPSA) is 108 Å². The molecule has 0 spiro atoms. The van der Waals surface area contributed by atoms with Crippen LogP contribution in [0.25, 0.3) is 0 Å². The van der Waals surface area contributed by atoms with Crippen molar-refractivity contribution >= 4 is 35.5 Å². The van der Waals surface area contributed by atoms with Crippen LogP contribution >= 0.6 is 11.6 Å². The van der Waals surface area contributed by atoms with Crippen molar-refractivity contribution in [3.63, 3.8) is 0 Å². The molecule has 150 valence electrons. The normalized spacial score (nSPS) is 22.7. The molecule has 0 bridgehead atoms. The van der Waals surface area contributed by atoms with Crippen molar-refractivity contribution < 1.29 is 19.2 Å². The third kappa shape index (κ3) is 4.11. The highest BCUT2D eigenvalue weighted by Gasteiger charge is 2.50. The van der Waals surface area contributed by atoms with E-state index in [4.69, 9.17) is 11.6 Å². The monoisotopic (exact) mass is 406 g/mol. The van der Waals surface area contributed by atoms with Crippen molar-refractivity contribution in [1.29, 1.82) is 0 Å². The van der Waals surface area contributed by atoms with Gasteiger partial charge in [-0.2, -0.15) is 0 Å². The molecule has 0 aromatic heterocycles. The summed E-state index contributed by atoms with van der Waals surface area (Å²) in [5.41, 5.74) is -0.937. The first-order chi connectivity index (χ1) is 13.3. The van der Waals surface area contributed by atoms with E-state index in [0.717, 1.165) is 37.0 Å². The Labute approximate surface area is 168 Å². The van der Waals surface area contributed by atoms with Crippen molar-refractivity contribution in [2.75, 3.05) is 6.54 Å². The third-order valence-electron chi connectivity index (χ3n) is 5.18. The first-order valence-electron chi connectivity index (χ1n) is 9.30. The van der Waals surface area contributed by atoms with E-state index in [1.807, 2.05) is 0 Å². The molecule has 1 aromatic carbocycles. The lowest BCUT2D eigenvalue weighted by atomic mass is 9.92. The predicted octanol–water partition coefficient (Wildman–Crippen LogP) is 2.27. The Morgan fingerprint density at radius 3 is 2.57 bits per heavy atom. The number of carbonyl (C=O) groups is 4. The van der Waals surface area contributed by atoms with E-state index in [-0.39, 0.29) is 6.04 Å². The second-order valence-corrected chi connectivity index (χ2v) is 7.69. The molecule has 3 rings (SSSR count). The molecule has 0 radical (unpaired) electrons. The number of hydrogen-bond donors (Lipinski definition) is 3. The summed E-state index contributed by atoms with van der Waals surface area (Å²) in [6.07, 6.45) is 4.99. The van der Waals surface area contributed by atoms with E-state index < -0.39 is 36.0 Å². The van der Waals surface area contributed by atoms with Gasteiger partial charge in [-0.1, -0.05) is 49.1 Å². The van der Waals surface area contributed by atoms with Crippen LogP contribution in [-0.2, 0) is 15.1 Å². The SMILES string of the molecule is CC1(c2ccccc2Cl)NC(=O)N(CC(=O)NC(=O)NC2CCCCC2)C1=O. The summed E-state index contributed by atoms with van der Waals surface area (Å²) in [7, 11) is 0. The summed E-state index contributed by atoms with van der Waals surface area (Å²) in [5, 5.41) is 7.85. The fraction of sp³-hybridized carbons (Fsp3) is 0.474. The molecular formula is C19H23ClN4O4. The summed E-state index contributed by atoms with van der Waals surface area (Å²) in [6.45, 7) is 0.977. The molecule has 2 aliphatic rings. The van der Waals surface area contributed by atoms with Crippen LogP contribution in [0.4, 0.5) is 9.59 Å². The number of nitrogens with one attached hydrogen (secondary N) is 3. The van der Waals surface area contributed by atoms with Crippen LogP contribution in [0.5, 0.6) is 0 Å². The first kappa shape index (κ1) is 20.1. The van der Waals surface area contributed by atoms with Crippen molar-refractivity contribution in [3.8, 4) is 0 Å². The number of rotatable bonds is 4. The van der Waals surface area contributed by atoms with Gasteiger partial charge >= 0.3 is 12.1 Å². The fourth-order valence-electron chi connectivity index (χ4n) is 3.67. The van der Waals surface area contributed by atoms with Gasteiger partial charge in [-0.15, -0.1) is 0 Å². The zero-order chi connectivity index (χ0) is 20.3. The number of amides is 6. The van der Waals surface area contributed by atoms with Gasteiger partial charge in [-0.05, 0) is 25.8 Å². The Morgan fingerprint density at radius 2 is 1.89 bits per heavy atom. The van der Waals surface area contributed by atoms with Crippen molar-refractivity contribution in [1.82, 2.24) is 20.9 Å². The second-order valence-electron chi connectivity index (χ2n) is 7.28. The Balaban J connectivity index is 1.61. The molecule has 2 fully saturated rings. The van der Waals surface area contributed by atoms with Gasteiger partial charge in [0, 0.05) is 16.6 Å². The van der Waals surface area contributed by atoms with Gasteiger partial charge in [0.25, 0.3) is 5.91 Å². The Bertz CT molecular complexity index is 809. The lowest BCUT2D eigenvalue weighted by Crippen LogP contribution is -2.49. The number of carbonyl (C=O) groups excluding carboxylic acids is 4. The number of hydrogen-bond acceptors (Lipinski definition) is 4. The molecule has 6 amide bonds.